The van der Waals surface area contributed by atoms with Crippen molar-refractivity contribution < 1.29 is 18.3 Å². The zero-order valence-corrected chi connectivity index (χ0v) is 13.8. The van der Waals surface area contributed by atoms with Gasteiger partial charge in [-0.3, -0.25) is 25.0 Å². The van der Waals surface area contributed by atoms with Gasteiger partial charge >= 0.3 is 0 Å². The number of benzene rings is 2. The van der Waals surface area contributed by atoms with Gasteiger partial charge in [0.05, 0.1) is 30.9 Å². The van der Waals surface area contributed by atoms with Crippen LogP contribution in [-0.2, 0) is 10.0 Å². The Labute approximate surface area is 145 Å². The van der Waals surface area contributed by atoms with Crippen molar-refractivity contribution in [1.82, 2.24) is 0 Å². The molecule has 24 heavy (non-hydrogen) atoms. The summed E-state index contributed by atoms with van der Waals surface area (Å²) in [4.78, 5) is 19.7. The normalized spacial score (nSPS) is 11.1. The number of nitro groups is 2. The minimum Gasteiger partial charge on any atom is -0.273 e. The van der Waals surface area contributed by atoms with Gasteiger partial charge in [-0.15, -0.1) is 0 Å². The van der Waals surface area contributed by atoms with Crippen LogP contribution >= 0.6 is 23.2 Å². The number of nitrogens with zero attached hydrogens (tertiary/aromatic N) is 2. The number of hydrogen-bond donors (Lipinski definition) is 1. The lowest BCUT2D eigenvalue weighted by Crippen LogP contribution is -2.14. The number of hydrogen-bond acceptors (Lipinski definition) is 6. The maximum atomic E-state index is 12.3. The summed E-state index contributed by atoms with van der Waals surface area (Å²) < 4.78 is 26.6. The Balaban J connectivity index is 2.47. The maximum absolute atomic E-state index is 12.3. The second kappa shape index (κ2) is 6.59. The van der Waals surface area contributed by atoms with Crippen LogP contribution in [0.15, 0.2) is 41.3 Å². The summed E-state index contributed by atoms with van der Waals surface area (Å²) >= 11 is 11.5. The van der Waals surface area contributed by atoms with E-state index in [1.165, 1.54) is 6.07 Å². The first kappa shape index (κ1) is 17.9. The third kappa shape index (κ3) is 3.72. The molecule has 0 aliphatic heterocycles. The summed E-state index contributed by atoms with van der Waals surface area (Å²) in [5.74, 6) is 0. The van der Waals surface area contributed by atoms with E-state index < -0.39 is 36.9 Å². The van der Waals surface area contributed by atoms with Crippen LogP contribution in [0.3, 0.4) is 0 Å². The summed E-state index contributed by atoms with van der Waals surface area (Å²) in [6.45, 7) is 0. The fraction of sp³-hybridized carbons (Fsp3) is 0. The molecule has 0 unspecified atom stereocenters. The molecule has 2 aromatic rings. The van der Waals surface area contributed by atoms with Gasteiger partial charge in [-0.1, -0.05) is 23.2 Å². The van der Waals surface area contributed by atoms with Crippen molar-refractivity contribution in [2.45, 2.75) is 4.90 Å². The van der Waals surface area contributed by atoms with Gasteiger partial charge in [-0.2, -0.15) is 0 Å². The molecule has 0 aliphatic carbocycles. The summed E-state index contributed by atoms with van der Waals surface area (Å²) in [7, 11) is -4.21. The number of sulfonamides is 1. The smallest absolute Gasteiger partial charge is 0.273 e. The molecule has 12 heteroatoms. The summed E-state index contributed by atoms with van der Waals surface area (Å²) in [5, 5.41) is 21.8. The molecule has 0 saturated carbocycles. The summed E-state index contributed by atoms with van der Waals surface area (Å²) in [5.41, 5.74) is -1.72. The van der Waals surface area contributed by atoms with Crippen molar-refractivity contribution in [1.29, 1.82) is 0 Å². The molecule has 0 heterocycles. The highest BCUT2D eigenvalue weighted by Crippen LogP contribution is 2.31. The standard InChI is InChI=1S/C12H7Cl2N3O6S/c13-9-3-2-8(6-10(9)14)24(22,23)15-11-4-1-7(16(18)19)5-12(11)17(20)21/h1-6,15H. The third-order valence-electron chi connectivity index (χ3n) is 2.83. The molecular formula is C12H7Cl2N3O6S. The molecule has 2 rings (SSSR count). The highest BCUT2D eigenvalue weighted by atomic mass is 35.5. The Morgan fingerprint density at radius 1 is 0.917 bits per heavy atom. The third-order valence-corrected chi connectivity index (χ3v) is 4.94. The van der Waals surface area contributed by atoms with Gasteiger partial charge in [0, 0.05) is 6.07 Å². The van der Waals surface area contributed by atoms with Crippen molar-refractivity contribution in [2.24, 2.45) is 0 Å². The number of halogens is 2. The van der Waals surface area contributed by atoms with E-state index in [0.29, 0.717) is 6.07 Å². The zero-order valence-electron chi connectivity index (χ0n) is 11.5. The molecule has 0 spiro atoms. The Bertz CT molecular complexity index is 948. The second-order valence-electron chi connectivity index (χ2n) is 4.40. The molecule has 0 fully saturated rings. The monoisotopic (exact) mass is 391 g/mol. The average molecular weight is 392 g/mol. The maximum Gasteiger partial charge on any atom is 0.300 e. The van der Waals surface area contributed by atoms with Crippen molar-refractivity contribution >= 4 is 50.3 Å². The number of rotatable bonds is 5. The Morgan fingerprint density at radius 2 is 1.58 bits per heavy atom. The lowest BCUT2D eigenvalue weighted by Gasteiger charge is -2.09. The highest BCUT2D eigenvalue weighted by Gasteiger charge is 2.24. The molecule has 0 aliphatic rings. The van der Waals surface area contributed by atoms with Crippen LogP contribution in [0.1, 0.15) is 0 Å². The van der Waals surface area contributed by atoms with E-state index in [9.17, 15) is 28.6 Å². The molecule has 0 saturated heterocycles. The van der Waals surface area contributed by atoms with Crippen molar-refractivity contribution in [3.8, 4) is 0 Å². The Morgan fingerprint density at radius 3 is 2.12 bits per heavy atom. The molecule has 0 radical (unpaired) electrons. The van der Waals surface area contributed by atoms with Crippen LogP contribution in [0.2, 0.25) is 10.0 Å². The zero-order chi connectivity index (χ0) is 18.1. The van der Waals surface area contributed by atoms with E-state index >= 15 is 0 Å². The van der Waals surface area contributed by atoms with E-state index in [2.05, 4.69) is 0 Å². The minimum absolute atomic E-state index is 0.0160. The summed E-state index contributed by atoms with van der Waals surface area (Å²) in [6.07, 6.45) is 0. The molecule has 126 valence electrons. The van der Waals surface area contributed by atoms with E-state index in [0.717, 1.165) is 24.3 Å². The quantitative estimate of drug-likeness (QED) is 0.611. The van der Waals surface area contributed by atoms with E-state index in [-0.39, 0.29) is 14.9 Å². The number of anilines is 1. The van der Waals surface area contributed by atoms with Crippen molar-refractivity contribution in [3.63, 3.8) is 0 Å². The van der Waals surface area contributed by atoms with E-state index in [4.69, 9.17) is 23.2 Å². The molecule has 1 N–H and O–H groups in total. The fourth-order valence-electron chi connectivity index (χ4n) is 1.72. The molecule has 0 aromatic heterocycles. The Hall–Kier alpha value is -2.43. The van der Waals surface area contributed by atoms with Gasteiger partial charge in [-0.05, 0) is 24.3 Å². The largest absolute Gasteiger partial charge is 0.300 e. The van der Waals surface area contributed by atoms with Crippen molar-refractivity contribution in [2.75, 3.05) is 4.72 Å². The van der Waals surface area contributed by atoms with Crippen LogP contribution in [-0.4, -0.2) is 18.3 Å². The number of nitrogens with one attached hydrogen (secondary N) is 1. The van der Waals surface area contributed by atoms with Gasteiger partial charge in [0.15, 0.2) is 0 Å². The first-order chi connectivity index (χ1) is 11.1. The molecule has 0 amide bonds. The van der Waals surface area contributed by atoms with Crippen molar-refractivity contribution in [3.05, 3.63) is 66.7 Å². The molecular weight excluding hydrogens is 385 g/mol. The fourth-order valence-corrected chi connectivity index (χ4v) is 3.18. The molecule has 0 atom stereocenters. The first-order valence-corrected chi connectivity index (χ1v) is 8.26. The van der Waals surface area contributed by atoms with Crippen LogP contribution in [0.5, 0.6) is 0 Å². The van der Waals surface area contributed by atoms with Gasteiger partial charge in [0.25, 0.3) is 21.4 Å². The summed E-state index contributed by atoms with van der Waals surface area (Å²) in [6, 6.07) is 6.03. The topological polar surface area (TPSA) is 132 Å². The van der Waals surface area contributed by atoms with Crippen LogP contribution in [0.4, 0.5) is 17.1 Å². The average Bonchev–Trinajstić information content (AvgIpc) is 2.49. The Kier molecular flexibility index (Phi) is 4.92. The van der Waals surface area contributed by atoms with E-state index in [1.54, 1.807) is 0 Å². The van der Waals surface area contributed by atoms with E-state index in [1.807, 2.05) is 4.72 Å². The molecule has 2 aromatic carbocycles. The van der Waals surface area contributed by atoms with Gasteiger partial charge in [0.2, 0.25) is 0 Å². The van der Waals surface area contributed by atoms with Crippen LogP contribution in [0.25, 0.3) is 0 Å². The minimum atomic E-state index is -4.21. The van der Waals surface area contributed by atoms with Crippen LogP contribution < -0.4 is 4.72 Å². The lowest BCUT2D eigenvalue weighted by atomic mass is 10.2. The number of non-ortho nitro benzene ring substituents is 1. The van der Waals surface area contributed by atoms with Gasteiger partial charge in [-0.25, -0.2) is 8.42 Å². The van der Waals surface area contributed by atoms with Gasteiger partial charge in [0.1, 0.15) is 5.69 Å². The SMILES string of the molecule is O=[N+]([O-])c1ccc(NS(=O)(=O)c2ccc(Cl)c(Cl)c2)c([N+](=O)[O-])c1. The van der Waals surface area contributed by atoms with Gasteiger partial charge < -0.3 is 0 Å². The predicted octanol–water partition coefficient (Wildman–Crippen LogP) is 3.61. The first-order valence-electron chi connectivity index (χ1n) is 6.02. The molecule has 9 nitrogen and oxygen atoms in total. The highest BCUT2D eigenvalue weighted by molar-refractivity contribution is 7.92. The molecule has 0 bridgehead atoms. The predicted molar refractivity (Wildman–Crippen MR) is 87.0 cm³/mol. The number of nitro benzene ring substituents is 2. The van der Waals surface area contributed by atoms with Crippen LogP contribution in [0, 0.1) is 20.2 Å². The lowest BCUT2D eigenvalue weighted by molar-refractivity contribution is -0.393. The second-order valence-corrected chi connectivity index (χ2v) is 6.89.